The Morgan fingerprint density at radius 2 is 2.00 bits per heavy atom. The van der Waals surface area contributed by atoms with Crippen molar-refractivity contribution >= 4 is 10.8 Å². The maximum atomic E-state index is 7.28. The molecule has 1 heterocycles. The van der Waals surface area contributed by atoms with Crippen molar-refractivity contribution < 1.29 is 5.79 Å². The molecule has 0 aliphatic rings. The maximum absolute atomic E-state index is 7.28. The standard InChI is InChI=1S/C8H6O/c1-2-4-8-6-9-5-7(8)3-1/h1-6H/i5D. The first kappa shape index (κ1) is 3.72. The Morgan fingerprint density at radius 3 is 2.78 bits per heavy atom. The molecule has 0 saturated carbocycles. The molecule has 1 aromatic carbocycles. The molecule has 0 atom stereocenters. The van der Waals surface area contributed by atoms with Crippen LogP contribution in [0.15, 0.2) is 41.2 Å². The van der Waals surface area contributed by atoms with E-state index in [1.165, 1.54) is 0 Å². The molecule has 0 aliphatic carbocycles. The maximum Gasteiger partial charge on any atom is 0.105 e. The molecule has 0 amide bonds. The Kier molecular flexibility index (Phi) is 0.671. The highest BCUT2D eigenvalue weighted by Crippen LogP contribution is 2.12. The average molecular weight is 119 g/mol. The van der Waals surface area contributed by atoms with E-state index in [9.17, 15) is 0 Å². The Balaban J connectivity index is 2.93. The zero-order valence-corrected chi connectivity index (χ0v) is 4.79. The minimum absolute atomic E-state index is 0.246. The van der Waals surface area contributed by atoms with E-state index in [0.29, 0.717) is 0 Å². The number of benzene rings is 1. The zero-order chi connectivity index (χ0) is 6.97. The van der Waals surface area contributed by atoms with Gasteiger partial charge < -0.3 is 4.42 Å². The van der Waals surface area contributed by atoms with Crippen LogP contribution in [-0.2, 0) is 0 Å². The second-order valence-corrected chi connectivity index (χ2v) is 1.93. The van der Waals surface area contributed by atoms with Crippen LogP contribution in [0.25, 0.3) is 10.8 Å². The lowest BCUT2D eigenvalue weighted by Gasteiger charge is -1.80. The molecule has 0 fully saturated rings. The highest BCUT2D eigenvalue weighted by atomic mass is 16.3. The van der Waals surface area contributed by atoms with Gasteiger partial charge in [0.1, 0.15) is 1.37 Å². The molecule has 1 aromatic heterocycles. The van der Waals surface area contributed by atoms with Crippen LogP contribution in [0.3, 0.4) is 0 Å². The number of rotatable bonds is 0. The Morgan fingerprint density at radius 1 is 1.22 bits per heavy atom. The summed E-state index contributed by atoms with van der Waals surface area (Å²) in [6, 6.07) is 7.63. The monoisotopic (exact) mass is 119 g/mol. The predicted octanol–water partition coefficient (Wildman–Crippen LogP) is 2.43. The molecule has 2 aromatic rings. The quantitative estimate of drug-likeness (QED) is 0.519. The van der Waals surface area contributed by atoms with Gasteiger partial charge in [-0.15, -0.1) is 0 Å². The van der Waals surface area contributed by atoms with Gasteiger partial charge in [-0.05, 0) is 0 Å². The summed E-state index contributed by atoms with van der Waals surface area (Å²) in [5, 5.41) is 1.87. The summed E-state index contributed by atoms with van der Waals surface area (Å²) in [6.45, 7) is 0. The summed E-state index contributed by atoms with van der Waals surface area (Å²) in [4.78, 5) is 0. The molecule has 0 unspecified atom stereocenters. The Labute approximate surface area is 54.3 Å². The van der Waals surface area contributed by atoms with Crippen molar-refractivity contribution in [2.75, 3.05) is 0 Å². The van der Waals surface area contributed by atoms with Gasteiger partial charge in [0.2, 0.25) is 0 Å². The smallest absolute Gasteiger partial charge is 0.105 e. The molecule has 1 nitrogen and oxygen atoms in total. The fraction of sp³-hybridized carbons (Fsp3) is 0. The van der Waals surface area contributed by atoms with E-state index in [1.54, 1.807) is 6.26 Å². The van der Waals surface area contributed by atoms with Gasteiger partial charge in [0.05, 0.1) is 12.5 Å². The van der Waals surface area contributed by atoms with Gasteiger partial charge in [-0.3, -0.25) is 0 Å². The van der Waals surface area contributed by atoms with Gasteiger partial charge in [-0.1, -0.05) is 24.3 Å². The van der Waals surface area contributed by atoms with Crippen LogP contribution in [-0.4, -0.2) is 0 Å². The summed E-state index contributed by atoms with van der Waals surface area (Å²) in [7, 11) is 0. The molecule has 0 N–H and O–H groups in total. The van der Waals surface area contributed by atoms with Crippen LogP contribution in [0.4, 0.5) is 0 Å². The van der Waals surface area contributed by atoms with Crippen molar-refractivity contribution in [2.45, 2.75) is 0 Å². The molecule has 0 aliphatic heterocycles. The molecule has 0 saturated heterocycles. The van der Waals surface area contributed by atoms with E-state index in [-0.39, 0.29) is 6.24 Å². The molecule has 0 spiro atoms. The third-order valence-corrected chi connectivity index (χ3v) is 1.32. The average Bonchev–Trinajstić information content (AvgIpc) is 2.34. The van der Waals surface area contributed by atoms with Crippen molar-refractivity contribution in [3.05, 3.63) is 36.8 Å². The van der Waals surface area contributed by atoms with Crippen molar-refractivity contribution in [1.29, 1.82) is 0 Å². The van der Waals surface area contributed by atoms with Gasteiger partial charge in [-0.25, -0.2) is 0 Å². The molecule has 2 rings (SSSR count). The fourth-order valence-electron chi connectivity index (χ4n) is 0.849. The highest BCUT2D eigenvalue weighted by molar-refractivity contribution is 5.80. The van der Waals surface area contributed by atoms with Gasteiger partial charge in [0.25, 0.3) is 0 Å². The van der Waals surface area contributed by atoms with E-state index < -0.39 is 0 Å². The molecule has 1 heteroatoms. The van der Waals surface area contributed by atoms with E-state index in [2.05, 4.69) is 0 Å². The van der Waals surface area contributed by atoms with E-state index >= 15 is 0 Å². The number of furan rings is 1. The van der Waals surface area contributed by atoms with Crippen molar-refractivity contribution in [1.82, 2.24) is 0 Å². The number of hydrogen-bond donors (Lipinski definition) is 0. The third kappa shape index (κ3) is 0.617. The van der Waals surface area contributed by atoms with Crippen LogP contribution in [0.2, 0.25) is 0 Å². The largest absolute Gasteiger partial charge is 0.471 e. The van der Waals surface area contributed by atoms with E-state index in [1.807, 2.05) is 24.3 Å². The van der Waals surface area contributed by atoms with Crippen LogP contribution in [0.5, 0.6) is 0 Å². The first-order chi connectivity index (χ1) is 4.88. The Bertz CT molecular complexity index is 351. The predicted molar refractivity (Wildman–Crippen MR) is 36.2 cm³/mol. The molecule has 9 heavy (non-hydrogen) atoms. The first-order valence-corrected chi connectivity index (χ1v) is 2.81. The first-order valence-electron chi connectivity index (χ1n) is 3.31. The summed E-state index contributed by atoms with van der Waals surface area (Å²) >= 11 is 0. The Hall–Kier alpha value is -1.24. The second-order valence-electron chi connectivity index (χ2n) is 1.93. The summed E-state index contributed by atoms with van der Waals surface area (Å²) < 4.78 is 12.2. The topological polar surface area (TPSA) is 13.1 Å². The summed E-state index contributed by atoms with van der Waals surface area (Å²) in [5.74, 6) is 0. The van der Waals surface area contributed by atoms with Gasteiger partial charge in [0.15, 0.2) is 0 Å². The van der Waals surface area contributed by atoms with Crippen LogP contribution in [0.1, 0.15) is 1.37 Å². The lowest BCUT2D eigenvalue weighted by Crippen LogP contribution is -1.57. The fourth-order valence-corrected chi connectivity index (χ4v) is 0.849. The molecule has 0 bridgehead atoms. The van der Waals surface area contributed by atoms with Crippen molar-refractivity contribution in [3.8, 4) is 0 Å². The second kappa shape index (κ2) is 1.62. The number of fused-ring (bicyclic) bond motifs is 1. The minimum Gasteiger partial charge on any atom is -0.471 e. The highest BCUT2D eigenvalue weighted by Gasteiger charge is 1.89. The third-order valence-electron chi connectivity index (χ3n) is 1.32. The van der Waals surface area contributed by atoms with E-state index in [0.717, 1.165) is 10.8 Å². The molecular formula is C8H6O. The van der Waals surface area contributed by atoms with Gasteiger partial charge in [-0.2, -0.15) is 0 Å². The lowest BCUT2D eigenvalue weighted by atomic mass is 10.2. The SMILES string of the molecule is [2H]c1occ2ccccc12. The normalized spacial score (nSPS) is 11.8. The van der Waals surface area contributed by atoms with Crippen LogP contribution in [0, 0.1) is 0 Å². The van der Waals surface area contributed by atoms with Crippen LogP contribution < -0.4 is 0 Å². The summed E-state index contributed by atoms with van der Waals surface area (Å²) in [5.41, 5.74) is 0. The van der Waals surface area contributed by atoms with Crippen molar-refractivity contribution in [3.63, 3.8) is 0 Å². The zero-order valence-electron chi connectivity index (χ0n) is 5.79. The lowest BCUT2D eigenvalue weighted by molar-refractivity contribution is 0.572. The van der Waals surface area contributed by atoms with Crippen LogP contribution >= 0.6 is 0 Å². The molecule has 44 valence electrons. The molecule has 0 radical (unpaired) electrons. The number of hydrogen-bond acceptors (Lipinski definition) is 1. The van der Waals surface area contributed by atoms with Gasteiger partial charge in [0, 0.05) is 10.8 Å². The minimum atomic E-state index is 0.246. The summed E-state index contributed by atoms with van der Waals surface area (Å²) in [6.07, 6.45) is 1.84. The van der Waals surface area contributed by atoms with Crippen molar-refractivity contribution in [2.24, 2.45) is 0 Å². The molecular weight excluding hydrogens is 112 g/mol. The van der Waals surface area contributed by atoms with Gasteiger partial charge >= 0.3 is 0 Å². The van der Waals surface area contributed by atoms with E-state index in [4.69, 9.17) is 5.79 Å².